The molecule has 0 spiro atoms. The predicted octanol–water partition coefficient (Wildman–Crippen LogP) is 2.97. The number of nitrogens with zero attached hydrogens (tertiary/aromatic N) is 2. The number of halogens is 1. The zero-order valence-electron chi connectivity index (χ0n) is 9.78. The third-order valence-corrected chi connectivity index (χ3v) is 2.71. The van der Waals surface area contributed by atoms with Crippen LogP contribution in [0.5, 0.6) is 0 Å². The summed E-state index contributed by atoms with van der Waals surface area (Å²) in [5.41, 5.74) is 1.24. The maximum Gasteiger partial charge on any atom is 0.0666 e. The lowest BCUT2D eigenvalue weighted by molar-refractivity contribution is 0.314. The van der Waals surface area contributed by atoms with Crippen LogP contribution >= 0.6 is 11.6 Å². The van der Waals surface area contributed by atoms with Crippen molar-refractivity contribution in [3.63, 3.8) is 0 Å². The van der Waals surface area contributed by atoms with Crippen molar-refractivity contribution in [3.8, 4) is 6.07 Å². The lowest BCUT2D eigenvalue weighted by Crippen LogP contribution is -2.26. The summed E-state index contributed by atoms with van der Waals surface area (Å²) in [5.74, 6) is 0.0874. The molecule has 0 aliphatic heterocycles. The van der Waals surface area contributed by atoms with Gasteiger partial charge in [-0.1, -0.05) is 23.7 Å². The zero-order valence-corrected chi connectivity index (χ0v) is 10.5. The molecule has 0 fully saturated rings. The number of hydrogen-bond donors (Lipinski definition) is 0. The Morgan fingerprint density at radius 1 is 1.50 bits per heavy atom. The molecule has 0 N–H and O–H groups in total. The molecule has 1 unspecified atom stereocenters. The number of benzene rings is 1. The fourth-order valence-electron chi connectivity index (χ4n) is 1.61. The van der Waals surface area contributed by atoms with Crippen molar-refractivity contribution in [1.82, 2.24) is 4.90 Å². The molecule has 1 atom stereocenters. The second-order valence-corrected chi connectivity index (χ2v) is 4.61. The molecule has 0 bridgehead atoms. The van der Waals surface area contributed by atoms with Gasteiger partial charge in [0.2, 0.25) is 0 Å². The van der Waals surface area contributed by atoms with Crippen molar-refractivity contribution in [2.75, 3.05) is 20.1 Å². The molecular weight excluding hydrogens is 220 g/mol. The van der Waals surface area contributed by atoms with E-state index in [4.69, 9.17) is 16.9 Å². The van der Waals surface area contributed by atoms with Crippen molar-refractivity contribution in [1.29, 1.82) is 5.26 Å². The van der Waals surface area contributed by atoms with Crippen LogP contribution in [-0.4, -0.2) is 25.0 Å². The minimum absolute atomic E-state index is 0.0874. The van der Waals surface area contributed by atoms with Gasteiger partial charge in [-0.25, -0.2) is 0 Å². The van der Waals surface area contributed by atoms with E-state index >= 15 is 0 Å². The van der Waals surface area contributed by atoms with Gasteiger partial charge in [-0.2, -0.15) is 5.26 Å². The Bertz CT molecular complexity index is 370. The molecule has 2 nitrogen and oxygen atoms in total. The average Bonchev–Trinajstić information content (AvgIpc) is 2.26. The van der Waals surface area contributed by atoms with Gasteiger partial charge in [0.15, 0.2) is 0 Å². The highest BCUT2D eigenvalue weighted by molar-refractivity contribution is 6.30. The smallest absolute Gasteiger partial charge is 0.0666 e. The molecule has 0 saturated heterocycles. The molecule has 16 heavy (non-hydrogen) atoms. The number of hydrogen-bond acceptors (Lipinski definition) is 2. The summed E-state index contributed by atoms with van der Waals surface area (Å²) in [6.45, 7) is 3.71. The predicted molar refractivity (Wildman–Crippen MR) is 67.4 cm³/mol. The van der Waals surface area contributed by atoms with E-state index in [0.717, 1.165) is 24.5 Å². The average molecular weight is 237 g/mol. The van der Waals surface area contributed by atoms with Gasteiger partial charge in [-0.15, -0.1) is 0 Å². The summed E-state index contributed by atoms with van der Waals surface area (Å²) in [4.78, 5) is 2.18. The Hall–Kier alpha value is -1.04. The van der Waals surface area contributed by atoms with Gasteiger partial charge in [0.25, 0.3) is 0 Å². The number of likely N-dealkylation sites (N-methyl/N-ethyl adjacent to an activating group) is 1. The highest BCUT2D eigenvalue weighted by Gasteiger charge is 2.05. The number of nitriles is 1. The summed E-state index contributed by atoms with van der Waals surface area (Å²) < 4.78 is 0. The molecule has 0 saturated carbocycles. The van der Waals surface area contributed by atoms with Gasteiger partial charge in [0, 0.05) is 18.1 Å². The molecule has 3 heteroatoms. The minimum atomic E-state index is 0.0874. The maximum atomic E-state index is 8.71. The molecular formula is C13H17ClN2. The van der Waals surface area contributed by atoms with Crippen LogP contribution in [0.1, 0.15) is 12.5 Å². The molecule has 0 amide bonds. The first-order chi connectivity index (χ1) is 7.61. The first-order valence-electron chi connectivity index (χ1n) is 5.44. The lowest BCUT2D eigenvalue weighted by Gasteiger charge is -2.17. The van der Waals surface area contributed by atoms with Gasteiger partial charge < -0.3 is 4.90 Å². The van der Waals surface area contributed by atoms with E-state index in [1.54, 1.807) is 0 Å². The SMILES string of the molecule is CC(C#N)CN(C)CCc1cccc(Cl)c1. The normalized spacial score (nSPS) is 12.4. The molecule has 1 rings (SSSR count). The standard InChI is InChI=1S/C13H17ClN2/c1-11(9-15)10-16(2)7-6-12-4-3-5-13(14)8-12/h3-5,8,11H,6-7,10H2,1-2H3. The minimum Gasteiger partial charge on any atom is -0.305 e. The number of rotatable bonds is 5. The molecule has 0 aromatic heterocycles. The molecule has 0 radical (unpaired) electrons. The Balaban J connectivity index is 2.37. The molecule has 0 aliphatic rings. The van der Waals surface area contributed by atoms with Crippen molar-refractivity contribution < 1.29 is 0 Å². The van der Waals surface area contributed by atoms with Gasteiger partial charge >= 0.3 is 0 Å². The summed E-state index contributed by atoms with van der Waals surface area (Å²) in [6.07, 6.45) is 0.967. The van der Waals surface area contributed by atoms with Crippen LogP contribution in [0.2, 0.25) is 5.02 Å². The van der Waals surface area contributed by atoms with Crippen LogP contribution < -0.4 is 0 Å². The third kappa shape index (κ3) is 4.65. The Kier molecular flexibility index (Phi) is 5.31. The lowest BCUT2D eigenvalue weighted by atomic mass is 10.1. The topological polar surface area (TPSA) is 27.0 Å². The van der Waals surface area contributed by atoms with Gasteiger partial charge in [-0.3, -0.25) is 0 Å². The Morgan fingerprint density at radius 3 is 2.88 bits per heavy atom. The summed E-state index contributed by atoms with van der Waals surface area (Å²) in [7, 11) is 2.04. The van der Waals surface area contributed by atoms with E-state index in [2.05, 4.69) is 17.0 Å². The molecule has 0 aliphatic carbocycles. The van der Waals surface area contributed by atoms with E-state index < -0.39 is 0 Å². The quantitative estimate of drug-likeness (QED) is 0.786. The Morgan fingerprint density at radius 2 is 2.25 bits per heavy atom. The van der Waals surface area contributed by atoms with Crippen molar-refractivity contribution >= 4 is 11.6 Å². The summed E-state index contributed by atoms with van der Waals surface area (Å²) >= 11 is 5.91. The van der Waals surface area contributed by atoms with Gasteiger partial charge in [-0.05, 0) is 38.1 Å². The van der Waals surface area contributed by atoms with Crippen LogP contribution in [0.4, 0.5) is 0 Å². The highest BCUT2D eigenvalue weighted by Crippen LogP contribution is 2.11. The largest absolute Gasteiger partial charge is 0.305 e. The third-order valence-electron chi connectivity index (χ3n) is 2.48. The zero-order chi connectivity index (χ0) is 12.0. The van der Waals surface area contributed by atoms with Crippen LogP contribution in [0, 0.1) is 17.2 Å². The summed E-state index contributed by atoms with van der Waals surface area (Å²) in [5, 5.41) is 9.49. The van der Waals surface area contributed by atoms with E-state index in [-0.39, 0.29) is 5.92 Å². The highest BCUT2D eigenvalue weighted by atomic mass is 35.5. The molecule has 86 valence electrons. The fourth-order valence-corrected chi connectivity index (χ4v) is 1.82. The molecule has 0 heterocycles. The van der Waals surface area contributed by atoms with E-state index in [9.17, 15) is 0 Å². The molecule has 1 aromatic carbocycles. The van der Waals surface area contributed by atoms with Crippen LogP contribution in [-0.2, 0) is 6.42 Å². The molecule has 1 aromatic rings. The monoisotopic (exact) mass is 236 g/mol. The van der Waals surface area contributed by atoms with Crippen molar-refractivity contribution in [2.24, 2.45) is 5.92 Å². The van der Waals surface area contributed by atoms with Gasteiger partial charge in [0.05, 0.1) is 12.0 Å². The second kappa shape index (κ2) is 6.52. The maximum absolute atomic E-state index is 8.71. The van der Waals surface area contributed by atoms with Crippen molar-refractivity contribution in [2.45, 2.75) is 13.3 Å². The van der Waals surface area contributed by atoms with Gasteiger partial charge in [0.1, 0.15) is 0 Å². The van der Waals surface area contributed by atoms with Crippen LogP contribution in [0.3, 0.4) is 0 Å². The van der Waals surface area contributed by atoms with E-state index in [0.29, 0.717) is 0 Å². The van der Waals surface area contributed by atoms with Crippen molar-refractivity contribution in [3.05, 3.63) is 34.9 Å². The Labute approximate surface area is 102 Å². The summed E-state index contributed by atoms with van der Waals surface area (Å²) in [6, 6.07) is 10.2. The second-order valence-electron chi connectivity index (χ2n) is 4.17. The van der Waals surface area contributed by atoms with E-state index in [1.165, 1.54) is 5.56 Å². The van der Waals surface area contributed by atoms with Crippen LogP contribution in [0.15, 0.2) is 24.3 Å². The van der Waals surface area contributed by atoms with E-state index in [1.807, 2.05) is 32.2 Å². The first kappa shape index (κ1) is 13.0. The fraction of sp³-hybridized carbons (Fsp3) is 0.462. The van der Waals surface area contributed by atoms with Crippen LogP contribution in [0.25, 0.3) is 0 Å². The first-order valence-corrected chi connectivity index (χ1v) is 5.82.